The summed E-state index contributed by atoms with van der Waals surface area (Å²) in [7, 11) is 1.54. The summed E-state index contributed by atoms with van der Waals surface area (Å²) in [6.45, 7) is 2.08. The van der Waals surface area contributed by atoms with Crippen molar-refractivity contribution >= 4 is 12.2 Å². The van der Waals surface area contributed by atoms with Crippen molar-refractivity contribution in [2.24, 2.45) is 0 Å². The van der Waals surface area contributed by atoms with Crippen LogP contribution < -0.4 is 4.74 Å². The van der Waals surface area contributed by atoms with Gasteiger partial charge in [-0.3, -0.25) is 0 Å². The topological polar surface area (TPSA) is 29.5 Å². The van der Waals surface area contributed by atoms with Crippen molar-refractivity contribution in [1.82, 2.24) is 0 Å². The second kappa shape index (κ2) is 6.62. The molecule has 0 aromatic heterocycles. The summed E-state index contributed by atoms with van der Waals surface area (Å²) >= 11 is 0. The average Bonchev–Trinajstić information content (AvgIpc) is 2.47. The van der Waals surface area contributed by atoms with Crippen LogP contribution >= 0.6 is 0 Å². The number of hydrogen-bond donors (Lipinski definition) is 1. The minimum atomic E-state index is 0.153. The van der Waals surface area contributed by atoms with Gasteiger partial charge in [-0.25, -0.2) is 0 Å². The molecule has 20 heavy (non-hydrogen) atoms. The zero-order valence-electron chi connectivity index (χ0n) is 11.7. The van der Waals surface area contributed by atoms with Gasteiger partial charge in [-0.1, -0.05) is 60.2 Å². The summed E-state index contributed by atoms with van der Waals surface area (Å²) in [5, 5.41) is 9.51. The molecule has 0 aliphatic carbocycles. The maximum absolute atomic E-state index is 9.51. The van der Waals surface area contributed by atoms with Crippen LogP contribution in [0, 0.1) is 6.92 Å². The van der Waals surface area contributed by atoms with Gasteiger partial charge >= 0.3 is 0 Å². The molecule has 0 fully saturated rings. The molecule has 0 aliphatic rings. The number of phenols is 1. The van der Waals surface area contributed by atoms with Crippen molar-refractivity contribution in [2.75, 3.05) is 7.11 Å². The van der Waals surface area contributed by atoms with Gasteiger partial charge in [0, 0.05) is 0 Å². The van der Waals surface area contributed by atoms with E-state index >= 15 is 0 Å². The minimum absolute atomic E-state index is 0.153. The molecule has 0 radical (unpaired) electrons. The van der Waals surface area contributed by atoms with Gasteiger partial charge in [0.25, 0.3) is 0 Å². The average molecular weight is 266 g/mol. The highest BCUT2D eigenvalue weighted by molar-refractivity contribution is 5.59. The van der Waals surface area contributed by atoms with Crippen LogP contribution in [0.1, 0.15) is 16.7 Å². The van der Waals surface area contributed by atoms with Crippen molar-refractivity contribution in [2.45, 2.75) is 6.92 Å². The summed E-state index contributed by atoms with van der Waals surface area (Å²) < 4.78 is 5.07. The van der Waals surface area contributed by atoms with E-state index in [1.54, 1.807) is 19.2 Å². The van der Waals surface area contributed by atoms with Crippen LogP contribution in [0.4, 0.5) is 0 Å². The van der Waals surface area contributed by atoms with E-state index < -0.39 is 0 Å². The van der Waals surface area contributed by atoms with Crippen LogP contribution in [0.15, 0.2) is 54.6 Å². The monoisotopic (exact) mass is 266 g/mol. The first-order valence-corrected chi connectivity index (χ1v) is 6.47. The highest BCUT2D eigenvalue weighted by atomic mass is 16.5. The third kappa shape index (κ3) is 3.75. The number of rotatable bonds is 4. The van der Waals surface area contributed by atoms with E-state index in [9.17, 15) is 5.11 Å². The zero-order chi connectivity index (χ0) is 14.4. The Balaban J connectivity index is 2.04. The van der Waals surface area contributed by atoms with Crippen molar-refractivity contribution in [3.8, 4) is 11.5 Å². The first-order chi connectivity index (χ1) is 9.69. The number of allylic oxidation sites excluding steroid dienone is 2. The quantitative estimate of drug-likeness (QED) is 0.829. The number of hydrogen-bond acceptors (Lipinski definition) is 2. The molecule has 0 heterocycles. The molecule has 1 N–H and O–H groups in total. The number of methoxy groups -OCH3 is 1. The molecule has 0 saturated heterocycles. The van der Waals surface area contributed by atoms with Gasteiger partial charge in [0.1, 0.15) is 0 Å². The molecule has 2 nitrogen and oxygen atoms in total. The van der Waals surface area contributed by atoms with E-state index in [1.807, 2.05) is 30.4 Å². The molecular formula is C18H18O2. The fourth-order valence-electron chi connectivity index (χ4n) is 1.81. The number of phenolic OH excluding ortho intramolecular Hbond substituents is 1. The Labute approximate surface area is 119 Å². The maximum atomic E-state index is 9.51. The second-order valence-corrected chi connectivity index (χ2v) is 4.56. The molecule has 2 aromatic carbocycles. The van der Waals surface area contributed by atoms with E-state index in [2.05, 4.69) is 31.2 Å². The molecule has 0 unspecified atom stereocenters. The summed E-state index contributed by atoms with van der Waals surface area (Å²) in [5.74, 6) is 0.634. The number of aromatic hydroxyl groups is 1. The predicted molar refractivity (Wildman–Crippen MR) is 83.9 cm³/mol. The molecule has 0 amide bonds. The third-order valence-corrected chi connectivity index (χ3v) is 2.97. The van der Waals surface area contributed by atoms with Gasteiger partial charge in [-0.05, 0) is 30.2 Å². The van der Waals surface area contributed by atoms with E-state index in [4.69, 9.17) is 4.74 Å². The maximum Gasteiger partial charge on any atom is 0.161 e. The first-order valence-electron chi connectivity index (χ1n) is 6.47. The normalized spacial score (nSPS) is 11.3. The third-order valence-electron chi connectivity index (χ3n) is 2.97. The Bertz CT molecular complexity index is 622. The van der Waals surface area contributed by atoms with E-state index in [-0.39, 0.29) is 5.75 Å². The lowest BCUT2D eigenvalue weighted by Gasteiger charge is -2.03. The smallest absolute Gasteiger partial charge is 0.161 e. The minimum Gasteiger partial charge on any atom is -0.504 e. The van der Waals surface area contributed by atoms with Crippen LogP contribution in [0.3, 0.4) is 0 Å². The summed E-state index contributed by atoms with van der Waals surface area (Å²) in [6, 6.07) is 13.6. The summed E-state index contributed by atoms with van der Waals surface area (Å²) in [6.07, 6.45) is 7.97. The van der Waals surface area contributed by atoms with E-state index in [1.165, 1.54) is 11.1 Å². The number of ether oxygens (including phenoxy) is 1. The van der Waals surface area contributed by atoms with Crippen molar-refractivity contribution < 1.29 is 9.84 Å². The van der Waals surface area contributed by atoms with Gasteiger partial charge in [0.2, 0.25) is 0 Å². The van der Waals surface area contributed by atoms with Gasteiger partial charge < -0.3 is 9.84 Å². The Hall–Kier alpha value is -2.48. The lowest BCUT2D eigenvalue weighted by Crippen LogP contribution is -1.83. The molecule has 102 valence electrons. The molecule has 0 bridgehead atoms. The largest absolute Gasteiger partial charge is 0.504 e. The lowest BCUT2D eigenvalue weighted by atomic mass is 10.1. The van der Waals surface area contributed by atoms with Crippen LogP contribution in [0.5, 0.6) is 11.5 Å². The zero-order valence-corrected chi connectivity index (χ0v) is 11.7. The Morgan fingerprint density at radius 2 is 1.50 bits per heavy atom. The van der Waals surface area contributed by atoms with Gasteiger partial charge in [-0.2, -0.15) is 0 Å². The Morgan fingerprint density at radius 3 is 2.15 bits per heavy atom. The molecule has 0 aliphatic heterocycles. The van der Waals surface area contributed by atoms with Gasteiger partial charge in [-0.15, -0.1) is 0 Å². The lowest BCUT2D eigenvalue weighted by molar-refractivity contribution is 0.373. The summed E-state index contributed by atoms with van der Waals surface area (Å²) in [5.41, 5.74) is 3.41. The Morgan fingerprint density at radius 1 is 0.900 bits per heavy atom. The van der Waals surface area contributed by atoms with Gasteiger partial charge in [0.05, 0.1) is 7.11 Å². The van der Waals surface area contributed by atoms with Crippen LogP contribution in [-0.4, -0.2) is 12.2 Å². The van der Waals surface area contributed by atoms with E-state index in [0.29, 0.717) is 5.75 Å². The summed E-state index contributed by atoms with van der Waals surface area (Å²) in [4.78, 5) is 0. The highest BCUT2D eigenvalue weighted by Gasteiger charge is 1.99. The van der Waals surface area contributed by atoms with Crippen molar-refractivity contribution in [1.29, 1.82) is 0 Å². The predicted octanol–water partition coefficient (Wildman–Crippen LogP) is 4.44. The number of benzene rings is 2. The highest BCUT2D eigenvalue weighted by Crippen LogP contribution is 2.26. The fourth-order valence-corrected chi connectivity index (χ4v) is 1.81. The molecule has 0 atom stereocenters. The van der Waals surface area contributed by atoms with Gasteiger partial charge in [0.15, 0.2) is 11.5 Å². The van der Waals surface area contributed by atoms with Crippen LogP contribution in [0.25, 0.3) is 12.2 Å². The molecule has 2 aromatic rings. The molecule has 2 heteroatoms. The fraction of sp³-hybridized carbons (Fsp3) is 0.111. The number of aryl methyl sites for hydroxylation is 1. The van der Waals surface area contributed by atoms with E-state index in [0.717, 1.165) is 5.56 Å². The Kier molecular flexibility index (Phi) is 4.61. The van der Waals surface area contributed by atoms with Crippen molar-refractivity contribution in [3.63, 3.8) is 0 Å². The molecular weight excluding hydrogens is 248 g/mol. The second-order valence-electron chi connectivity index (χ2n) is 4.56. The molecule has 2 rings (SSSR count). The SMILES string of the molecule is COc1cc(/C=C/C=C/c2ccc(C)cc2)ccc1O. The molecule has 0 saturated carbocycles. The van der Waals surface area contributed by atoms with Crippen LogP contribution in [-0.2, 0) is 0 Å². The standard InChI is InChI=1S/C18H18O2/c1-14-7-9-15(10-8-14)5-3-4-6-16-11-12-17(19)18(13-16)20-2/h3-13,19H,1-2H3/b5-3+,6-4+. The van der Waals surface area contributed by atoms with Crippen LogP contribution in [0.2, 0.25) is 0 Å². The molecule has 0 spiro atoms. The first kappa shape index (κ1) is 13.9. The van der Waals surface area contributed by atoms with Crippen molar-refractivity contribution in [3.05, 3.63) is 71.3 Å².